The van der Waals surface area contributed by atoms with Gasteiger partial charge in [0.25, 0.3) is 11.8 Å². The van der Waals surface area contributed by atoms with E-state index in [0.717, 1.165) is 11.1 Å². The third-order valence-corrected chi connectivity index (χ3v) is 5.60. The van der Waals surface area contributed by atoms with E-state index in [9.17, 15) is 14.4 Å². The Morgan fingerprint density at radius 1 is 0.970 bits per heavy atom. The van der Waals surface area contributed by atoms with Gasteiger partial charge in [-0.3, -0.25) is 14.5 Å². The van der Waals surface area contributed by atoms with E-state index < -0.39 is 23.9 Å². The number of carbonyl (C=O) groups is 3. The van der Waals surface area contributed by atoms with Crippen molar-refractivity contribution in [2.24, 2.45) is 5.73 Å². The summed E-state index contributed by atoms with van der Waals surface area (Å²) in [6, 6.07) is 20.5. The highest BCUT2D eigenvalue weighted by Crippen LogP contribution is 2.32. The molecular formula is C25H24N4O4. The summed E-state index contributed by atoms with van der Waals surface area (Å²) in [5, 5.41) is 2.75. The fourth-order valence-corrected chi connectivity index (χ4v) is 3.94. The van der Waals surface area contributed by atoms with Gasteiger partial charge in [0, 0.05) is 6.54 Å². The summed E-state index contributed by atoms with van der Waals surface area (Å²) in [5.74, 6) is -1.16. The molecule has 0 saturated heterocycles. The fourth-order valence-electron chi connectivity index (χ4n) is 3.94. The van der Waals surface area contributed by atoms with Crippen LogP contribution in [0, 0.1) is 0 Å². The monoisotopic (exact) mass is 444 g/mol. The molecule has 0 bridgehead atoms. The Kier molecular flexibility index (Phi) is 6.26. The lowest BCUT2D eigenvalue weighted by atomic mass is 9.92. The zero-order chi connectivity index (χ0) is 23.4. The summed E-state index contributed by atoms with van der Waals surface area (Å²) in [5.41, 5.74) is 14.4. The van der Waals surface area contributed by atoms with Crippen LogP contribution < -0.4 is 16.8 Å². The van der Waals surface area contributed by atoms with Crippen LogP contribution in [0.15, 0.2) is 72.8 Å². The number of rotatable bonds is 5. The predicted molar refractivity (Wildman–Crippen MR) is 124 cm³/mol. The van der Waals surface area contributed by atoms with E-state index in [2.05, 4.69) is 5.32 Å². The molecule has 8 heteroatoms. The third-order valence-electron chi connectivity index (χ3n) is 5.60. The number of para-hydroxylation sites is 1. The standard InChI is InChI=1S/C25H24N4O4/c26-21-19(23(27)30)11-6-12-20(21)28-24(31)22-18-10-5-4-9-17(18)13-14-29(22)25(32)33-15-16-7-2-1-3-8-16/h1-12,22H,13-15,26H2,(H2,27,30)(H,28,31)/t22-/m1/s1. The van der Waals surface area contributed by atoms with Crippen LogP contribution in [-0.4, -0.2) is 29.4 Å². The summed E-state index contributed by atoms with van der Waals surface area (Å²) in [4.78, 5) is 39.4. The Hall–Kier alpha value is -4.33. The predicted octanol–water partition coefficient (Wildman–Crippen LogP) is 3.24. The number of nitrogens with one attached hydrogen (secondary N) is 1. The molecule has 8 nitrogen and oxygen atoms in total. The molecule has 33 heavy (non-hydrogen) atoms. The third kappa shape index (κ3) is 4.64. The topological polar surface area (TPSA) is 128 Å². The summed E-state index contributed by atoms with van der Waals surface area (Å²) in [6.07, 6.45) is 0.00651. The number of fused-ring (bicyclic) bond motifs is 1. The van der Waals surface area contributed by atoms with E-state index in [0.29, 0.717) is 18.5 Å². The lowest BCUT2D eigenvalue weighted by molar-refractivity contribution is -0.121. The van der Waals surface area contributed by atoms with Gasteiger partial charge in [-0.1, -0.05) is 60.7 Å². The molecule has 3 amide bonds. The number of ether oxygens (including phenoxy) is 1. The maximum Gasteiger partial charge on any atom is 0.411 e. The molecule has 1 aliphatic rings. The van der Waals surface area contributed by atoms with E-state index >= 15 is 0 Å². The number of nitrogens with two attached hydrogens (primary N) is 2. The molecule has 1 aliphatic heterocycles. The summed E-state index contributed by atoms with van der Waals surface area (Å²) in [7, 11) is 0. The van der Waals surface area contributed by atoms with Crippen molar-refractivity contribution in [2.45, 2.75) is 19.1 Å². The fraction of sp³-hybridized carbons (Fsp3) is 0.160. The molecule has 5 N–H and O–H groups in total. The molecule has 3 aromatic carbocycles. The number of anilines is 2. The average Bonchev–Trinajstić information content (AvgIpc) is 2.83. The van der Waals surface area contributed by atoms with Gasteiger partial charge >= 0.3 is 6.09 Å². The molecule has 0 unspecified atom stereocenters. The molecular weight excluding hydrogens is 420 g/mol. The second kappa shape index (κ2) is 9.44. The Labute approximate surface area is 191 Å². The van der Waals surface area contributed by atoms with Gasteiger partial charge in [0.2, 0.25) is 0 Å². The minimum Gasteiger partial charge on any atom is -0.445 e. The zero-order valence-corrected chi connectivity index (χ0v) is 17.9. The first kappa shape index (κ1) is 21.9. The zero-order valence-electron chi connectivity index (χ0n) is 17.9. The normalized spacial score (nSPS) is 14.8. The molecule has 0 saturated carbocycles. The van der Waals surface area contributed by atoms with E-state index in [1.54, 1.807) is 12.1 Å². The van der Waals surface area contributed by atoms with Crippen LogP contribution in [0.25, 0.3) is 0 Å². The smallest absolute Gasteiger partial charge is 0.411 e. The number of benzene rings is 3. The molecule has 4 rings (SSSR count). The number of primary amides is 1. The van der Waals surface area contributed by atoms with Crippen LogP contribution in [0.3, 0.4) is 0 Å². The Morgan fingerprint density at radius 2 is 1.70 bits per heavy atom. The molecule has 168 valence electrons. The lowest BCUT2D eigenvalue weighted by Crippen LogP contribution is -2.45. The van der Waals surface area contributed by atoms with Crippen molar-refractivity contribution < 1.29 is 19.1 Å². The van der Waals surface area contributed by atoms with E-state index in [1.807, 2.05) is 54.6 Å². The van der Waals surface area contributed by atoms with Crippen LogP contribution in [-0.2, 0) is 22.6 Å². The molecule has 0 fully saturated rings. The number of carbonyl (C=O) groups excluding carboxylic acids is 3. The number of nitrogens with zero attached hydrogens (tertiary/aromatic N) is 1. The van der Waals surface area contributed by atoms with Gasteiger partial charge in [-0.05, 0) is 35.2 Å². The van der Waals surface area contributed by atoms with Crippen LogP contribution in [0.4, 0.5) is 16.2 Å². The minimum absolute atomic E-state index is 0.0700. The first-order chi connectivity index (χ1) is 16.0. The number of nitrogen functional groups attached to an aromatic ring is 1. The Balaban J connectivity index is 1.60. The molecule has 0 radical (unpaired) electrons. The molecule has 3 aromatic rings. The number of hydrogen-bond donors (Lipinski definition) is 3. The van der Waals surface area contributed by atoms with Gasteiger partial charge in [-0.2, -0.15) is 0 Å². The maximum absolute atomic E-state index is 13.4. The molecule has 0 aliphatic carbocycles. The maximum atomic E-state index is 13.4. The highest BCUT2D eigenvalue weighted by Gasteiger charge is 2.37. The van der Waals surface area contributed by atoms with Crippen molar-refractivity contribution >= 4 is 29.3 Å². The first-order valence-electron chi connectivity index (χ1n) is 10.5. The quantitative estimate of drug-likeness (QED) is 0.521. The molecule has 0 spiro atoms. The van der Waals surface area contributed by atoms with E-state index in [-0.39, 0.29) is 23.5 Å². The lowest BCUT2D eigenvalue weighted by Gasteiger charge is -2.35. The minimum atomic E-state index is -0.921. The van der Waals surface area contributed by atoms with E-state index in [4.69, 9.17) is 16.2 Å². The molecule has 1 heterocycles. The Morgan fingerprint density at radius 3 is 2.45 bits per heavy atom. The van der Waals surface area contributed by atoms with Crippen LogP contribution in [0.2, 0.25) is 0 Å². The van der Waals surface area contributed by atoms with Crippen LogP contribution in [0.5, 0.6) is 0 Å². The van der Waals surface area contributed by atoms with Crippen molar-refractivity contribution in [3.63, 3.8) is 0 Å². The van der Waals surface area contributed by atoms with Gasteiger partial charge in [0.05, 0.1) is 16.9 Å². The van der Waals surface area contributed by atoms with Gasteiger partial charge in [-0.25, -0.2) is 4.79 Å². The summed E-state index contributed by atoms with van der Waals surface area (Å²) >= 11 is 0. The highest BCUT2D eigenvalue weighted by atomic mass is 16.6. The van der Waals surface area contributed by atoms with Crippen molar-refractivity contribution in [3.05, 3.63) is 95.1 Å². The van der Waals surface area contributed by atoms with Crippen molar-refractivity contribution in [2.75, 3.05) is 17.6 Å². The van der Waals surface area contributed by atoms with Crippen LogP contribution in [0.1, 0.15) is 33.1 Å². The number of amides is 3. The second-order valence-electron chi connectivity index (χ2n) is 7.71. The van der Waals surface area contributed by atoms with Gasteiger partial charge < -0.3 is 21.5 Å². The van der Waals surface area contributed by atoms with Crippen molar-refractivity contribution in [1.82, 2.24) is 4.90 Å². The number of hydrogen-bond acceptors (Lipinski definition) is 5. The second-order valence-corrected chi connectivity index (χ2v) is 7.71. The van der Waals surface area contributed by atoms with Crippen molar-refractivity contribution in [3.8, 4) is 0 Å². The van der Waals surface area contributed by atoms with E-state index in [1.165, 1.54) is 11.0 Å². The largest absolute Gasteiger partial charge is 0.445 e. The van der Waals surface area contributed by atoms with Gasteiger partial charge in [-0.15, -0.1) is 0 Å². The van der Waals surface area contributed by atoms with Gasteiger partial charge in [0.15, 0.2) is 0 Å². The summed E-state index contributed by atoms with van der Waals surface area (Å²) < 4.78 is 5.51. The highest BCUT2D eigenvalue weighted by molar-refractivity contribution is 6.05. The SMILES string of the molecule is NC(=O)c1cccc(NC(=O)[C@H]2c3ccccc3CCN2C(=O)OCc2ccccc2)c1N. The van der Waals surface area contributed by atoms with Crippen molar-refractivity contribution in [1.29, 1.82) is 0 Å². The molecule has 1 atom stereocenters. The molecule has 0 aromatic heterocycles. The summed E-state index contributed by atoms with van der Waals surface area (Å²) in [6.45, 7) is 0.416. The first-order valence-corrected chi connectivity index (χ1v) is 10.5. The van der Waals surface area contributed by atoms with Crippen LogP contribution >= 0.6 is 0 Å². The Bertz CT molecular complexity index is 1200. The average molecular weight is 444 g/mol. The van der Waals surface area contributed by atoms with Gasteiger partial charge in [0.1, 0.15) is 12.6 Å².